The summed E-state index contributed by atoms with van der Waals surface area (Å²) in [6, 6.07) is 0. The highest BCUT2D eigenvalue weighted by atomic mass is 79.9. The first-order valence-electron chi connectivity index (χ1n) is 3.60. The zero-order valence-electron chi connectivity index (χ0n) is 6.49. The third-order valence-corrected chi connectivity index (χ3v) is 1.72. The molecule has 60 valence electrons. The number of rotatable bonds is 6. The van der Waals surface area contributed by atoms with Gasteiger partial charge in [-0.25, -0.2) is 0 Å². The molecule has 0 aromatic rings. The van der Waals surface area contributed by atoms with Crippen LogP contribution in [0.4, 0.5) is 0 Å². The normalized spacial score (nSPS) is 13.0. The van der Waals surface area contributed by atoms with E-state index in [1.807, 2.05) is 6.08 Å². The molecule has 0 heterocycles. The summed E-state index contributed by atoms with van der Waals surface area (Å²) in [7, 11) is 0. The lowest BCUT2D eigenvalue weighted by atomic mass is 10.6. The van der Waals surface area contributed by atoms with Gasteiger partial charge in [-0.15, -0.1) is 6.58 Å². The van der Waals surface area contributed by atoms with Crippen molar-refractivity contribution in [2.45, 2.75) is 6.92 Å². The topological polar surface area (TPSA) is 16.5 Å². The summed E-state index contributed by atoms with van der Waals surface area (Å²) in [5, 5.41) is 2.44. The highest BCUT2D eigenvalue weighted by Crippen LogP contribution is 1.69. The van der Waals surface area contributed by atoms with Crippen LogP contribution in [-0.2, 0) is 0 Å². The molecule has 0 amide bonds. The number of quaternary nitrogens is 1. The summed E-state index contributed by atoms with van der Waals surface area (Å²) in [4.78, 5) is 0. The lowest BCUT2D eigenvalue weighted by Crippen LogP contribution is -3.18. The lowest BCUT2D eigenvalue weighted by molar-refractivity contribution is -0.940. The second-order valence-electron chi connectivity index (χ2n) is 2.07. The Morgan fingerprint density at radius 3 is 2.80 bits per heavy atom. The summed E-state index contributed by atoms with van der Waals surface area (Å²) in [5.41, 5.74) is 3.29. The van der Waals surface area contributed by atoms with E-state index < -0.39 is 0 Å². The van der Waals surface area contributed by atoms with Gasteiger partial charge >= 0.3 is 0 Å². The maximum atomic E-state index is 3.64. The van der Waals surface area contributed by atoms with Gasteiger partial charge in [0.2, 0.25) is 0 Å². The maximum Gasteiger partial charge on any atom is 0.104 e. The smallest absolute Gasteiger partial charge is 0.104 e. The van der Waals surface area contributed by atoms with Gasteiger partial charge in [0.25, 0.3) is 0 Å². The van der Waals surface area contributed by atoms with Gasteiger partial charge in [0.1, 0.15) is 6.54 Å². The van der Waals surface area contributed by atoms with Crippen molar-refractivity contribution in [1.82, 2.24) is 5.43 Å². The fraction of sp³-hybridized carbons (Fsp3) is 0.714. The third-order valence-electron chi connectivity index (χ3n) is 1.32. The zero-order chi connectivity index (χ0) is 7.82. The first-order valence-corrected chi connectivity index (χ1v) is 4.72. The Labute approximate surface area is 71.4 Å². The van der Waals surface area contributed by atoms with Crippen molar-refractivity contribution in [3.05, 3.63) is 12.7 Å². The van der Waals surface area contributed by atoms with E-state index in [1.54, 1.807) is 0 Å². The number of alkyl halides is 1. The molecule has 2 nitrogen and oxygen atoms in total. The highest BCUT2D eigenvalue weighted by Gasteiger charge is 2.00. The fourth-order valence-corrected chi connectivity index (χ4v) is 1.20. The quantitative estimate of drug-likeness (QED) is 0.356. The van der Waals surface area contributed by atoms with E-state index in [2.05, 4.69) is 34.9 Å². The van der Waals surface area contributed by atoms with Crippen LogP contribution < -0.4 is 10.4 Å². The van der Waals surface area contributed by atoms with Crippen molar-refractivity contribution < 1.29 is 5.01 Å². The van der Waals surface area contributed by atoms with Crippen molar-refractivity contribution in [1.29, 1.82) is 0 Å². The Morgan fingerprint density at radius 2 is 2.40 bits per heavy atom. The average Bonchev–Trinajstić information content (AvgIpc) is 1.98. The van der Waals surface area contributed by atoms with Crippen LogP contribution in [0.15, 0.2) is 12.7 Å². The molecule has 0 spiro atoms. The fourth-order valence-electron chi connectivity index (χ4n) is 0.721. The maximum absolute atomic E-state index is 3.64. The van der Waals surface area contributed by atoms with Gasteiger partial charge in [-0.05, 0) is 6.92 Å². The van der Waals surface area contributed by atoms with Gasteiger partial charge in [-0.2, -0.15) is 5.43 Å². The standard InChI is InChI=1S/C7H15BrN2/c1-3-6-9-10(4-2)7-5-8/h3,9H,1,4-7H2,2H3/p+1. The molecule has 0 aromatic heterocycles. The van der Waals surface area contributed by atoms with Crippen molar-refractivity contribution in [3.8, 4) is 0 Å². The molecule has 3 heteroatoms. The van der Waals surface area contributed by atoms with E-state index in [0.717, 1.165) is 25.0 Å². The number of hydrogen-bond donors (Lipinski definition) is 2. The van der Waals surface area contributed by atoms with Crippen LogP contribution in [0.25, 0.3) is 0 Å². The molecule has 1 atom stereocenters. The second kappa shape index (κ2) is 7.25. The molecular formula is C7H16BrN2+. The Hall–Kier alpha value is 0.140. The number of hydrogen-bond acceptors (Lipinski definition) is 1. The summed E-state index contributed by atoms with van der Waals surface area (Å²) in [6.07, 6.45) is 1.88. The van der Waals surface area contributed by atoms with Crippen LogP contribution in [0.2, 0.25) is 0 Å². The van der Waals surface area contributed by atoms with Gasteiger partial charge in [0.15, 0.2) is 0 Å². The summed E-state index contributed by atoms with van der Waals surface area (Å²) < 4.78 is 0. The first kappa shape index (κ1) is 10.1. The van der Waals surface area contributed by atoms with E-state index in [4.69, 9.17) is 0 Å². The van der Waals surface area contributed by atoms with Crippen LogP contribution in [-0.4, -0.2) is 25.0 Å². The predicted molar refractivity (Wildman–Crippen MR) is 48.4 cm³/mol. The molecule has 2 N–H and O–H groups in total. The van der Waals surface area contributed by atoms with Crippen LogP contribution in [0.3, 0.4) is 0 Å². The van der Waals surface area contributed by atoms with Crippen molar-refractivity contribution in [2.24, 2.45) is 0 Å². The Bertz CT molecular complexity index is 85.7. The molecule has 0 aliphatic heterocycles. The van der Waals surface area contributed by atoms with E-state index in [9.17, 15) is 0 Å². The van der Waals surface area contributed by atoms with Crippen molar-refractivity contribution >= 4 is 15.9 Å². The molecule has 0 aliphatic carbocycles. The molecular weight excluding hydrogens is 192 g/mol. The second-order valence-corrected chi connectivity index (χ2v) is 2.86. The van der Waals surface area contributed by atoms with Gasteiger partial charge < -0.3 is 0 Å². The molecule has 0 rings (SSSR count). The third kappa shape index (κ3) is 4.97. The Kier molecular flexibility index (Phi) is 7.35. The molecule has 0 radical (unpaired) electrons. The number of halogens is 1. The molecule has 0 saturated heterocycles. The summed E-state index contributed by atoms with van der Waals surface area (Å²) >= 11 is 3.40. The molecule has 0 bridgehead atoms. The van der Waals surface area contributed by atoms with Crippen LogP contribution in [0.5, 0.6) is 0 Å². The summed E-state index contributed by atoms with van der Waals surface area (Å²) in [6.45, 7) is 8.91. The molecule has 0 saturated carbocycles. The Morgan fingerprint density at radius 1 is 1.70 bits per heavy atom. The van der Waals surface area contributed by atoms with Gasteiger partial charge in [0, 0.05) is 0 Å². The van der Waals surface area contributed by atoms with Crippen LogP contribution >= 0.6 is 15.9 Å². The van der Waals surface area contributed by atoms with E-state index in [0.29, 0.717) is 0 Å². The molecule has 10 heavy (non-hydrogen) atoms. The van der Waals surface area contributed by atoms with E-state index >= 15 is 0 Å². The Balaban J connectivity index is 3.29. The minimum atomic E-state index is 0.885. The molecule has 0 fully saturated rings. The van der Waals surface area contributed by atoms with Crippen LogP contribution in [0, 0.1) is 0 Å². The van der Waals surface area contributed by atoms with Gasteiger partial charge in [0.05, 0.1) is 18.4 Å². The molecule has 1 unspecified atom stereocenters. The van der Waals surface area contributed by atoms with E-state index in [1.165, 1.54) is 5.01 Å². The predicted octanol–water partition coefficient (Wildman–Crippen LogP) is -0.0233. The highest BCUT2D eigenvalue weighted by molar-refractivity contribution is 9.09. The summed E-state index contributed by atoms with van der Waals surface area (Å²) in [5.74, 6) is 0. The molecule has 0 aliphatic rings. The van der Waals surface area contributed by atoms with E-state index in [-0.39, 0.29) is 0 Å². The van der Waals surface area contributed by atoms with Crippen molar-refractivity contribution in [2.75, 3.05) is 25.0 Å². The lowest BCUT2D eigenvalue weighted by Gasteiger charge is -2.15. The monoisotopic (exact) mass is 207 g/mol. The first-order chi connectivity index (χ1) is 4.85. The number of nitrogens with one attached hydrogen (secondary N) is 2. The van der Waals surface area contributed by atoms with Crippen molar-refractivity contribution in [3.63, 3.8) is 0 Å². The van der Waals surface area contributed by atoms with Gasteiger partial charge in [-0.3, -0.25) is 5.01 Å². The largest absolute Gasteiger partial charge is 0.257 e. The average molecular weight is 208 g/mol. The van der Waals surface area contributed by atoms with Gasteiger partial charge in [-0.1, -0.05) is 22.0 Å². The van der Waals surface area contributed by atoms with Crippen LogP contribution in [0.1, 0.15) is 6.92 Å². The SMILES string of the molecule is C=CCN[NH+](CC)CCBr. The zero-order valence-corrected chi connectivity index (χ0v) is 8.08. The molecule has 0 aromatic carbocycles. The minimum Gasteiger partial charge on any atom is -0.257 e. The minimum absolute atomic E-state index is 0.885.